The molecule has 1 amide bonds. The number of hydrogen-bond donors (Lipinski definition) is 2. The minimum atomic E-state index is -3.77. The summed E-state index contributed by atoms with van der Waals surface area (Å²) in [6.07, 6.45) is 1.93. The van der Waals surface area contributed by atoms with E-state index in [9.17, 15) is 13.2 Å². The molecule has 2 N–H and O–H groups in total. The number of rotatable bonds is 8. The van der Waals surface area contributed by atoms with E-state index in [4.69, 9.17) is 31.4 Å². The first-order valence-corrected chi connectivity index (χ1v) is 15.2. The van der Waals surface area contributed by atoms with E-state index in [2.05, 4.69) is 29.0 Å². The second kappa shape index (κ2) is 12.1. The van der Waals surface area contributed by atoms with E-state index in [1.165, 1.54) is 18.2 Å². The first-order chi connectivity index (χ1) is 19.6. The van der Waals surface area contributed by atoms with Crippen molar-refractivity contribution < 1.29 is 23.1 Å². The van der Waals surface area contributed by atoms with Gasteiger partial charge in [0, 0.05) is 35.3 Å². The van der Waals surface area contributed by atoms with Crippen molar-refractivity contribution in [3.8, 4) is 11.4 Å². The Bertz CT molecular complexity index is 1690. The number of aromatic nitrogens is 3. The number of hydrogen-bond acceptors (Lipinski definition) is 9. The zero-order valence-electron chi connectivity index (χ0n) is 22.6. The van der Waals surface area contributed by atoms with Crippen LogP contribution in [0.5, 0.6) is 0 Å². The van der Waals surface area contributed by atoms with Crippen LogP contribution in [0.3, 0.4) is 0 Å². The Hall–Kier alpha value is -3.64. The minimum absolute atomic E-state index is 0.0882. The van der Waals surface area contributed by atoms with E-state index in [-0.39, 0.29) is 34.2 Å². The van der Waals surface area contributed by atoms with Crippen molar-refractivity contribution in [1.82, 2.24) is 20.3 Å². The van der Waals surface area contributed by atoms with Crippen LogP contribution in [0.25, 0.3) is 22.3 Å². The molecule has 4 heterocycles. The fourth-order valence-corrected chi connectivity index (χ4v) is 6.18. The van der Waals surface area contributed by atoms with Crippen LogP contribution in [0.15, 0.2) is 65.7 Å². The standard InChI is InChI=1S/C29H30ClN5O5S/c1-18-16-35(17-19(2)40-18)28-5-3-4-25(34-28)26-7-6-20-14-31-23(13-27(20)33-26)15-32-29(37)21-10-22(30)12-24(11-21)41(38,39)9-8-36/h3-7,10-14,18-19,36H,8-9,15-17H2,1-2H3,(H,32,37)/t18-,19+. The molecule has 0 spiro atoms. The maximum Gasteiger partial charge on any atom is 0.251 e. The van der Waals surface area contributed by atoms with Crippen LogP contribution in [0.4, 0.5) is 5.82 Å². The largest absolute Gasteiger partial charge is 0.395 e. The number of aliphatic hydroxyl groups is 1. The Kier molecular flexibility index (Phi) is 8.50. The molecule has 1 aliphatic heterocycles. The third-order valence-corrected chi connectivity index (χ3v) is 8.55. The van der Waals surface area contributed by atoms with Crippen LogP contribution in [-0.2, 0) is 21.1 Å². The van der Waals surface area contributed by atoms with Gasteiger partial charge in [0.25, 0.3) is 5.91 Å². The molecular weight excluding hydrogens is 566 g/mol. The summed E-state index contributed by atoms with van der Waals surface area (Å²) in [4.78, 5) is 29.0. The molecule has 5 rings (SSSR count). The van der Waals surface area contributed by atoms with Crippen molar-refractivity contribution >= 4 is 44.1 Å². The molecule has 2 atom stereocenters. The van der Waals surface area contributed by atoms with Crippen LogP contribution < -0.4 is 10.2 Å². The number of benzene rings is 1. The highest BCUT2D eigenvalue weighted by Gasteiger charge is 2.23. The van der Waals surface area contributed by atoms with Crippen LogP contribution in [0.2, 0.25) is 5.02 Å². The van der Waals surface area contributed by atoms with E-state index in [0.717, 1.165) is 30.0 Å². The number of amides is 1. The third-order valence-electron chi connectivity index (χ3n) is 6.65. The van der Waals surface area contributed by atoms with E-state index in [1.54, 1.807) is 12.3 Å². The van der Waals surface area contributed by atoms with E-state index in [0.29, 0.717) is 16.9 Å². The highest BCUT2D eigenvalue weighted by atomic mass is 35.5. The van der Waals surface area contributed by atoms with Crippen molar-refractivity contribution in [3.05, 3.63) is 77.1 Å². The molecule has 4 aromatic rings. The lowest BCUT2D eigenvalue weighted by Gasteiger charge is -2.36. The number of pyridine rings is 3. The Balaban J connectivity index is 1.33. The summed E-state index contributed by atoms with van der Waals surface area (Å²) in [7, 11) is -3.77. The van der Waals surface area contributed by atoms with Gasteiger partial charge in [-0.25, -0.2) is 18.4 Å². The summed E-state index contributed by atoms with van der Waals surface area (Å²) < 4.78 is 30.5. The maximum absolute atomic E-state index is 12.8. The summed E-state index contributed by atoms with van der Waals surface area (Å²) in [5.41, 5.74) is 2.82. The number of nitrogens with one attached hydrogen (secondary N) is 1. The molecule has 1 fully saturated rings. The molecule has 1 saturated heterocycles. The SMILES string of the molecule is C[C@@H]1CN(c2cccc(-c3ccc4cnc(CNC(=O)c5cc(Cl)cc(S(=O)(=O)CCO)c5)cc4n3)n2)C[C@H](C)O1. The Morgan fingerprint density at radius 2 is 1.83 bits per heavy atom. The molecule has 12 heteroatoms. The number of sulfone groups is 1. The highest BCUT2D eigenvalue weighted by molar-refractivity contribution is 7.91. The molecule has 0 unspecified atom stereocenters. The lowest BCUT2D eigenvalue weighted by atomic mass is 10.1. The molecule has 214 valence electrons. The fraction of sp³-hybridized carbons (Fsp3) is 0.310. The van der Waals surface area contributed by atoms with E-state index >= 15 is 0 Å². The van der Waals surface area contributed by atoms with Gasteiger partial charge in [-0.2, -0.15) is 0 Å². The van der Waals surface area contributed by atoms with Gasteiger partial charge in [-0.15, -0.1) is 0 Å². The van der Waals surface area contributed by atoms with Crippen molar-refractivity contribution in [1.29, 1.82) is 0 Å². The van der Waals surface area contributed by atoms with Gasteiger partial charge in [-0.3, -0.25) is 9.78 Å². The molecule has 0 bridgehead atoms. The lowest BCUT2D eigenvalue weighted by Crippen LogP contribution is -2.45. The number of ether oxygens (including phenoxy) is 1. The number of aliphatic hydroxyl groups excluding tert-OH is 1. The molecular formula is C29H30ClN5O5S. The molecule has 0 radical (unpaired) electrons. The molecule has 0 saturated carbocycles. The van der Waals surface area contributed by atoms with E-state index < -0.39 is 28.1 Å². The van der Waals surface area contributed by atoms with Crippen molar-refractivity contribution in [3.63, 3.8) is 0 Å². The van der Waals surface area contributed by atoms with Crippen molar-refractivity contribution in [2.45, 2.75) is 37.5 Å². The molecule has 10 nitrogen and oxygen atoms in total. The number of carbonyl (C=O) groups is 1. The molecule has 0 aliphatic carbocycles. The van der Waals surface area contributed by atoms with E-state index in [1.807, 2.05) is 30.3 Å². The van der Waals surface area contributed by atoms with Crippen LogP contribution >= 0.6 is 11.6 Å². The Labute approximate surface area is 243 Å². The Morgan fingerprint density at radius 1 is 1.07 bits per heavy atom. The maximum atomic E-state index is 12.8. The molecule has 3 aromatic heterocycles. The van der Waals surface area contributed by atoms with Gasteiger partial charge in [-0.1, -0.05) is 17.7 Å². The van der Waals surface area contributed by atoms with Gasteiger partial charge < -0.3 is 20.1 Å². The number of anilines is 1. The van der Waals surface area contributed by atoms with Crippen molar-refractivity contribution in [2.24, 2.45) is 0 Å². The summed E-state index contributed by atoms with van der Waals surface area (Å²) in [5.74, 6) is -0.0993. The van der Waals surface area contributed by atoms with Crippen LogP contribution in [-0.4, -0.2) is 72.0 Å². The monoisotopic (exact) mass is 595 g/mol. The zero-order valence-corrected chi connectivity index (χ0v) is 24.2. The quantitative estimate of drug-likeness (QED) is 0.313. The molecule has 1 aliphatic rings. The summed E-state index contributed by atoms with van der Waals surface area (Å²) in [5, 5.41) is 12.7. The lowest BCUT2D eigenvalue weighted by molar-refractivity contribution is -0.00545. The number of halogens is 1. The molecule has 1 aromatic carbocycles. The normalized spacial score (nSPS) is 17.5. The first-order valence-electron chi connectivity index (χ1n) is 13.2. The summed E-state index contributed by atoms with van der Waals surface area (Å²) >= 11 is 6.07. The minimum Gasteiger partial charge on any atom is -0.395 e. The third kappa shape index (κ3) is 6.82. The van der Waals surface area contributed by atoms with Crippen LogP contribution in [0.1, 0.15) is 29.9 Å². The highest BCUT2D eigenvalue weighted by Crippen LogP contribution is 2.25. The smallest absolute Gasteiger partial charge is 0.251 e. The summed E-state index contributed by atoms with van der Waals surface area (Å²) in [6.45, 7) is 5.20. The van der Waals surface area contributed by atoms with Gasteiger partial charge in [0.15, 0.2) is 9.84 Å². The average molecular weight is 596 g/mol. The molecule has 41 heavy (non-hydrogen) atoms. The predicted octanol–water partition coefficient (Wildman–Crippen LogP) is 3.65. The summed E-state index contributed by atoms with van der Waals surface area (Å²) in [6, 6.07) is 15.4. The topological polar surface area (TPSA) is 135 Å². The number of carbonyl (C=O) groups excluding carboxylic acids is 1. The van der Waals surface area contributed by atoms with Gasteiger partial charge in [0.1, 0.15) is 5.82 Å². The zero-order chi connectivity index (χ0) is 29.1. The number of morpholine rings is 1. The number of fused-ring (bicyclic) bond motifs is 1. The van der Waals surface area contributed by atoms with Gasteiger partial charge in [-0.05, 0) is 62.4 Å². The Morgan fingerprint density at radius 3 is 2.59 bits per heavy atom. The fourth-order valence-electron chi connectivity index (χ4n) is 4.79. The average Bonchev–Trinajstić information content (AvgIpc) is 2.94. The predicted molar refractivity (Wildman–Crippen MR) is 157 cm³/mol. The number of nitrogens with zero attached hydrogens (tertiary/aromatic N) is 4. The van der Waals surface area contributed by atoms with Gasteiger partial charge in [0.2, 0.25) is 0 Å². The second-order valence-electron chi connectivity index (χ2n) is 10.0. The first kappa shape index (κ1) is 28.9. The van der Waals surface area contributed by atoms with Gasteiger partial charge in [0.05, 0.1) is 58.6 Å². The van der Waals surface area contributed by atoms with Crippen LogP contribution in [0, 0.1) is 0 Å². The second-order valence-corrected chi connectivity index (χ2v) is 12.6. The van der Waals surface area contributed by atoms with Gasteiger partial charge >= 0.3 is 0 Å². The van der Waals surface area contributed by atoms with Crippen molar-refractivity contribution in [2.75, 3.05) is 30.3 Å².